The van der Waals surface area contributed by atoms with Crippen molar-refractivity contribution in [1.82, 2.24) is 10.2 Å². The van der Waals surface area contributed by atoms with Crippen molar-refractivity contribution < 1.29 is 13.2 Å². The molecule has 0 saturated carbocycles. The number of likely N-dealkylation sites (N-methyl/N-ethyl adjacent to an activating group) is 1. The van der Waals surface area contributed by atoms with Gasteiger partial charge >= 0.3 is 6.18 Å². The molecule has 0 amide bonds. The van der Waals surface area contributed by atoms with Crippen LogP contribution in [-0.2, 0) is 6.18 Å². The molecule has 0 aromatic heterocycles. The lowest BCUT2D eigenvalue weighted by atomic mass is 9.97. The first kappa shape index (κ1) is 12.4. The second-order valence-corrected chi connectivity index (χ2v) is 4.29. The van der Waals surface area contributed by atoms with Gasteiger partial charge in [-0.1, -0.05) is 18.2 Å². The first-order valence-electron chi connectivity index (χ1n) is 5.57. The maximum Gasteiger partial charge on any atom is 0.416 e. The van der Waals surface area contributed by atoms with Crippen molar-refractivity contribution in [3.05, 3.63) is 35.4 Å². The third-order valence-electron chi connectivity index (χ3n) is 3.14. The van der Waals surface area contributed by atoms with Gasteiger partial charge < -0.3 is 5.32 Å². The Bertz CT molecular complexity index is 390. The van der Waals surface area contributed by atoms with E-state index in [1.165, 1.54) is 6.07 Å². The molecule has 1 aromatic rings. The summed E-state index contributed by atoms with van der Waals surface area (Å²) in [6.07, 6.45) is -4.28. The van der Waals surface area contributed by atoms with Gasteiger partial charge in [0.25, 0.3) is 0 Å². The molecule has 2 rings (SSSR count). The summed E-state index contributed by atoms with van der Waals surface area (Å²) in [5, 5.41) is 3.13. The van der Waals surface area contributed by atoms with Crippen molar-refractivity contribution in [3.8, 4) is 0 Å². The normalized spacial score (nSPS) is 22.7. The van der Waals surface area contributed by atoms with Crippen molar-refractivity contribution in [3.63, 3.8) is 0 Å². The number of hydrogen-bond donors (Lipinski definition) is 1. The molecule has 1 aliphatic heterocycles. The quantitative estimate of drug-likeness (QED) is 0.815. The van der Waals surface area contributed by atoms with Gasteiger partial charge in [0.2, 0.25) is 0 Å². The van der Waals surface area contributed by atoms with Crippen LogP contribution in [0.3, 0.4) is 0 Å². The molecule has 5 heteroatoms. The highest BCUT2D eigenvalue weighted by molar-refractivity contribution is 5.33. The summed E-state index contributed by atoms with van der Waals surface area (Å²) in [6, 6.07) is 5.60. The number of benzene rings is 1. The van der Waals surface area contributed by atoms with Crippen LogP contribution in [0.1, 0.15) is 17.2 Å². The summed E-state index contributed by atoms with van der Waals surface area (Å²) >= 11 is 0. The van der Waals surface area contributed by atoms with Gasteiger partial charge in [0.1, 0.15) is 0 Å². The van der Waals surface area contributed by atoms with E-state index in [2.05, 4.69) is 5.32 Å². The van der Waals surface area contributed by atoms with E-state index in [4.69, 9.17) is 0 Å². The van der Waals surface area contributed by atoms with Crippen LogP contribution in [0, 0.1) is 0 Å². The van der Waals surface area contributed by atoms with E-state index in [0.717, 1.165) is 19.2 Å². The van der Waals surface area contributed by atoms with Crippen LogP contribution in [0.5, 0.6) is 0 Å². The molecule has 0 aliphatic carbocycles. The molecule has 94 valence electrons. The largest absolute Gasteiger partial charge is 0.416 e. The number of hydrogen-bond acceptors (Lipinski definition) is 2. The standard InChI is InChI=1S/C12H15F3N2/c1-17-7-6-16-8-11(17)9-4-2-3-5-10(9)12(13,14)15/h2-5,11,16H,6-8H2,1H3. The van der Waals surface area contributed by atoms with Crippen molar-refractivity contribution >= 4 is 0 Å². The van der Waals surface area contributed by atoms with E-state index in [1.54, 1.807) is 12.1 Å². The highest BCUT2D eigenvalue weighted by Gasteiger charge is 2.36. The molecule has 1 aromatic carbocycles. The molecule has 0 radical (unpaired) electrons. The minimum atomic E-state index is -4.28. The lowest BCUT2D eigenvalue weighted by molar-refractivity contribution is -0.138. The third kappa shape index (κ3) is 2.61. The van der Waals surface area contributed by atoms with Crippen LogP contribution >= 0.6 is 0 Å². The Labute approximate surface area is 98.4 Å². The van der Waals surface area contributed by atoms with E-state index in [1.807, 2.05) is 11.9 Å². The first-order chi connectivity index (χ1) is 8.00. The summed E-state index contributed by atoms with van der Waals surface area (Å²) in [6.45, 7) is 2.14. The third-order valence-corrected chi connectivity index (χ3v) is 3.14. The molecule has 1 unspecified atom stereocenters. The molecule has 1 atom stereocenters. The molecule has 1 saturated heterocycles. The van der Waals surface area contributed by atoms with E-state index >= 15 is 0 Å². The van der Waals surface area contributed by atoms with Crippen molar-refractivity contribution in [2.24, 2.45) is 0 Å². The van der Waals surface area contributed by atoms with Crippen LogP contribution in [0.2, 0.25) is 0 Å². The smallest absolute Gasteiger partial charge is 0.314 e. The van der Waals surface area contributed by atoms with Gasteiger partial charge in [-0.05, 0) is 18.7 Å². The number of halogens is 3. The van der Waals surface area contributed by atoms with Crippen LogP contribution in [0.25, 0.3) is 0 Å². The van der Waals surface area contributed by atoms with E-state index in [9.17, 15) is 13.2 Å². The minimum Gasteiger partial charge on any atom is -0.314 e. The minimum absolute atomic E-state index is 0.207. The second-order valence-electron chi connectivity index (χ2n) is 4.29. The Morgan fingerprint density at radius 1 is 1.29 bits per heavy atom. The monoisotopic (exact) mass is 244 g/mol. The fourth-order valence-electron chi connectivity index (χ4n) is 2.20. The molecule has 2 nitrogen and oxygen atoms in total. The summed E-state index contributed by atoms with van der Waals surface area (Å²) in [7, 11) is 1.86. The lowest BCUT2D eigenvalue weighted by Gasteiger charge is -2.34. The van der Waals surface area contributed by atoms with Gasteiger partial charge in [-0.2, -0.15) is 13.2 Å². The molecule has 1 N–H and O–H groups in total. The van der Waals surface area contributed by atoms with E-state index in [-0.39, 0.29) is 6.04 Å². The van der Waals surface area contributed by atoms with Gasteiger partial charge in [0.15, 0.2) is 0 Å². The predicted molar refractivity (Wildman–Crippen MR) is 59.7 cm³/mol. The van der Waals surface area contributed by atoms with Crippen molar-refractivity contribution in [2.45, 2.75) is 12.2 Å². The Hall–Kier alpha value is -1.07. The molecule has 1 heterocycles. The molecular weight excluding hydrogens is 229 g/mol. The molecular formula is C12H15F3N2. The summed E-state index contributed by atoms with van der Waals surface area (Å²) in [5.41, 5.74) is -0.171. The lowest BCUT2D eigenvalue weighted by Crippen LogP contribution is -2.44. The highest BCUT2D eigenvalue weighted by atomic mass is 19.4. The second kappa shape index (κ2) is 4.66. The maximum atomic E-state index is 12.9. The number of piperazine rings is 1. The number of rotatable bonds is 1. The van der Waals surface area contributed by atoms with Gasteiger partial charge in [-0.25, -0.2) is 0 Å². The summed E-state index contributed by atoms with van der Waals surface area (Å²) < 4.78 is 38.7. The van der Waals surface area contributed by atoms with Crippen LogP contribution in [0.4, 0.5) is 13.2 Å². The Morgan fingerprint density at radius 3 is 2.65 bits per heavy atom. The maximum absolute atomic E-state index is 12.9. The molecule has 1 fully saturated rings. The summed E-state index contributed by atoms with van der Waals surface area (Å²) in [5.74, 6) is 0. The topological polar surface area (TPSA) is 15.3 Å². The van der Waals surface area contributed by atoms with Gasteiger partial charge in [0, 0.05) is 25.7 Å². The number of alkyl halides is 3. The first-order valence-corrected chi connectivity index (χ1v) is 5.57. The summed E-state index contributed by atoms with van der Waals surface area (Å²) in [4.78, 5) is 1.96. The fourth-order valence-corrected chi connectivity index (χ4v) is 2.20. The molecule has 0 spiro atoms. The zero-order valence-electron chi connectivity index (χ0n) is 9.59. The van der Waals surface area contributed by atoms with Crippen LogP contribution in [-0.4, -0.2) is 31.6 Å². The predicted octanol–water partition coefficient (Wildman–Crippen LogP) is 2.28. The average Bonchev–Trinajstić information content (AvgIpc) is 2.28. The molecule has 0 bridgehead atoms. The Balaban J connectivity index is 2.37. The number of nitrogens with one attached hydrogen (secondary N) is 1. The van der Waals surface area contributed by atoms with E-state index < -0.39 is 11.7 Å². The van der Waals surface area contributed by atoms with Crippen LogP contribution in [0.15, 0.2) is 24.3 Å². The SMILES string of the molecule is CN1CCNCC1c1ccccc1C(F)(F)F. The fraction of sp³-hybridized carbons (Fsp3) is 0.500. The highest BCUT2D eigenvalue weighted by Crippen LogP contribution is 2.36. The number of nitrogens with zero attached hydrogens (tertiary/aromatic N) is 1. The molecule has 17 heavy (non-hydrogen) atoms. The Kier molecular flexibility index (Phi) is 3.40. The average molecular weight is 244 g/mol. The van der Waals surface area contributed by atoms with Gasteiger partial charge in [-0.3, -0.25) is 4.90 Å². The molecule has 1 aliphatic rings. The zero-order chi connectivity index (χ0) is 12.5. The van der Waals surface area contributed by atoms with Gasteiger partial charge in [0.05, 0.1) is 5.56 Å². The van der Waals surface area contributed by atoms with Crippen LogP contribution < -0.4 is 5.32 Å². The van der Waals surface area contributed by atoms with Crippen molar-refractivity contribution in [2.75, 3.05) is 26.7 Å². The Morgan fingerprint density at radius 2 is 2.00 bits per heavy atom. The van der Waals surface area contributed by atoms with Gasteiger partial charge in [-0.15, -0.1) is 0 Å². The zero-order valence-corrected chi connectivity index (χ0v) is 9.59. The van der Waals surface area contributed by atoms with Crippen molar-refractivity contribution in [1.29, 1.82) is 0 Å². The van der Waals surface area contributed by atoms with E-state index in [0.29, 0.717) is 12.1 Å².